The zero-order chi connectivity index (χ0) is 12.6. The number of rotatable bonds is 2. The Bertz CT molecular complexity index is 500. The van der Waals surface area contributed by atoms with Crippen molar-refractivity contribution in [1.29, 1.82) is 0 Å². The molecule has 1 aliphatic heterocycles. The Morgan fingerprint density at radius 3 is 2.39 bits per heavy atom. The molecule has 94 valence electrons. The van der Waals surface area contributed by atoms with Gasteiger partial charge in [0.2, 0.25) is 0 Å². The molecule has 4 nitrogen and oxygen atoms in total. The van der Waals surface area contributed by atoms with Crippen LogP contribution in [0.25, 0.3) is 5.57 Å². The van der Waals surface area contributed by atoms with E-state index in [0.29, 0.717) is 5.41 Å². The van der Waals surface area contributed by atoms with Crippen LogP contribution in [0, 0.1) is 15.5 Å². The van der Waals surface area contributed by atoms with Gasteiger partial charge in [-0.25, -0.2) is 0 Å². The smallest absolute Gasteiger partial charge is 0.269 e. The van der Waals surface area contributed by atoms with Crippen LogP contribution in [0.2, 0.25) is 0 Å². The first kappa shape index (κ1) is 11.4. The molecule has 1 aromatic carbocycles. The van der Waals surface area contributed by atoms with Gasteiger partial charge in [0.15, 0.2) is 0 Å². The van der Waals surface area contributed by atoms with Gasteiger partial charge in [-0.3, -0.25) is 10.1 Å². The number of hydrogen-bond donors (Lipinski definition) is 0. The molecule has 4 heteroatoms. The maximum absolute atomic E-state index is 10.6. The van der Waals surface area contributed by atoms with E-state index >= 15 is 0 Å². The number of ether oxygens (including phenoxy) is 1. The highest BCUT2D eigenvalue weighted by atomic mass is 16.6. The first-order valence-electron chi connectivity index (χ1n) is 6.20. The normalized spacial score (nSPS) is 21.2. The van der Waals surface area contributed by atoms with Crippen molar-refractivity contribution < 1.29 is 9.66 Å². The second-order valence-electron chi connectivity index (χ2n) is 5.23. The fraction of sp³-hybridized carbons (Fsp3) is 0.429. The van der Waals surface area contributed by atoms with Crippen molar-refractivity contribution in [1.82, 2.24) is 0 Å². The highest BCUT2D eigenvalue weighted by Gasteiger charge is 2.39. The molecule has 1 heterocycles. The van der Waals surface area contributed by atoms with Gasteiger partial charge in [-0.1, -0.05) is 6.08 Å². The number of nitrogens with zero attached hydrogens (tertiary/aromatic N) is 1. The predicted octanol–water partition coefficient (Wildman–Crippen LogP) is 3.18. The summed E-state index contributed by atoms with van der Waals surface area (Å²) in [5, 5.41) is 10.6. The third-order valence-electron chi connectivity index (χ3n) is 3.97. The summed E-state index contributed by atoms with van der Waals surface area (Å²) in [5.74, 6) is 0. The van der Waals surface area contributed by atoms with Crippen molar-refractivity contribution in [2.75, 3.05) is 13.2 Å². The maximum atomic E-state index is 10.6. The molecule has 1 spiro atoms. The lowest BCUT2D eigenvalue weighted by molar-refractivity contribution is -0.384. The molecular weight excluding hydrogens is 230 g/mol. The molecule has 1 aromatic rings. The molecule has 0 aromatic heterocycles. The molecule has 2 aliphatic rings. The predicted molar refractivity (Wildman–Crippen MR) is 68.2 cm³/mol. The van der Waals surface area contributed by atoms with Gasteiger partial charge in [0.1, 0.15) is 0 Å². The zero-order valence-electron chi connectivity index (χ0n) is 10.1. The van der Waals surface area contributed by atoms with Crippen LogP contribution in [0.1, 0.15) is 24.8 Å². The minimum atomic E-state index is -0.361. The second-order valence-corrected chi connectivity index (χ2v) is 5.23. The van der Waals surface area contributed by atoms with E-state index in [-0.39, 0.29) is 10.6 Å². The van der Waals surface area contributed by atoms with Gasteiger partial charge in [-0.15, -0.1) is 0 Å². The molecule has 0 atom stereocenters. The minimum Gasteiger partial charge on any atom is -0.380 e. The molecule has 0 saturated carbocycles. The van der Waals surface area contributed by atoms with Gasteiger partial charge in [0.05, 0.1) is 18.1 Å². The van der Waals surface area contributed by atoms with Crippen LogP contribution in [0.15, 0.2) is 30.3 Å². The summed E-state index contributed by atoms with van der Waals surface area (Å²) in [4.78, 5) is 10.2. The standard InChI is InChI=1S/C14H15NO3/c16-15(17)13-3-1-11(2-4-13)12-5-7-14(8-6-12)9-18-10-14/h1-5H,6-10H2. The van der Waals surface area contributed by atoms with Crippen molar-refractivity contribution in [2.45, 2.75) is 19.3 Å². The molecule has 0 N–H and O–H groups in total. The Balaban J connectivity index is 1.77. The third-order valence-corrected chi connectivity index (χ3v) is 3.97. The lowest BCUT2D eigenvalue weighted by atomic mass is 9.72. The van der Waals surface area contributed by atoms with Crippen LogP contribution >= 0.6 is 0 Å². The van der Waals surface area contributed by atoms with E-state index in [1.807, 2.05) is 12.1 Å². The van der Waals surface area contributed by atoms with Crippen molar-refractivity contribution in [3.63, 3.8) is 0 Å². The number of allylic oxidation sites excluding steroid dienone is 2. The van der Waals surface area contributed by atoms with Gasteiger partial charge in [-0.2, -0.15) is 0 Å². The number of nitro benzene ring substituents is 1. The average Bonchev–Trinajstić information content (AvgIpc) is 2.37. The Kier molecular flexibility index (Phi) is 2.67. The highest BCUT2D eigenvalue weighted by molar-refractivity contribution is 5.67. The molecule has 3 rings (SSSR count). The van der Waals surface area contributed by atoms with Crippen LogP contribution < -0.4 is 0 Å². The minimum absolute atomic E-state index is 0.152. The number of hydrogen-bond acceptors (Lipinski definition) is 3. The largest absolute Gasteiger partial charge is 0.380 e. The molecule has 0 bridgehead atoms. The third kappa shape index (κ3) is 1.93. The quantitative estimate of drug-likeness (QED) is 0.594. The molecule has 1 aliphatic carbocycles. The number of benzene rings is 1. The van der Waals surface area contributed by atoms with Crippen LogP contribution in [-0.2, 0) is 4.74 Å². The second kappa shape index (κ2) is 4.21. The molecular formula is C14H15NO3. The van der Waals surface area contributed by atoms with Crippen molar-refractivity contribution in [3.05, 3.63) is 46.0 Å². The van der Waals surface area contributed by atoms with Gasteiger partial charge in [0, 0.05) is 17.5 Å². The monoisotopic (exact) mass is 245 g/mol. The van der Waals surface area contributed by atoms with Crippen LogP contribution in [0.4, 0.5) is 5.69 Å². The van der Waals surface area contributed by atoms with Crippen molar-refractivity contribution >= 4 is 11.3 Å². The lowest BCUT2D eigenvalue weighted by Crippen LogP contribution is -2.43. The van der Waals surface area contributed by atoms with Crippen molar-refractivity contribution in [3.8, 4) is 0 Å². The van der Waals surface area contributed by atoms with E-state index in [1.54, 1.807) is 12.1 Å². The van der Waals surface area contributed by atoms with Crippen LogP contribution in [-0.4, -0.2) is 18.1 Å². The van der Waals surface area contributed by atoms with E-state index in [0.717, 1.165) is 38.0 Å². The van der Waals surface area contributed by atoms with E-state index < -0.39 is 0 Å². The Morgan fingerprint density at radius 1 is 1.22 bits per heavy atom. The summed E-state index contributed by atoms with van der Waals surface area (Å²) in [6.07, 6.45) is 5.55. The average molecular weight is 245 g/mol. The molecule has 0 radical (unpaired) electrons. The van der Waals surface area contributed by atoms with Crippen molar-refractivity contribution in [2.24, 2.45) is 5.41 Å². The van der Waals surface area contributed by atoms with Gasteiger partial charge < -0.3 is 4.74 Å². The Morgan fingerprint density at radius 2 is 1.94 bits per heavy atom. The molecule has 0 amide bonds. The SMILES string of the molecule is O=[N+]([O-])c1ccc(C2=CCC3(CC2)COC3)cc1. The summed E-state index contributed by atoms with van der Waals surface area (Å²) in [7, 11) is 0. The van der Waals surface area contributed by atoms with Crippen LogP contribution in [0.5, 0.6) is 0 Å². The van der Waals surface area contributed by atoms with E-state index in [2.05, 4.69) is 6.08 Å². The summed E-state index contributed by atoms with van der Waals surface area (Å²) in [6, 6.07) is 6.85. The fourth-order valence-corrected chi connectivity index (χ4v) is 2.66. The zero-order valence-corrected chi connectivity index (χ0v) is 10.1. The van der Waals surface area contributed by atoms with Crippen LogP contribution in [0.3, 0.4) is 0 Å². The van der Waals surface area contributed by atoms with Gasteiger partial charge in [-0.05, 0) is 42.5 Å². The van der Waals surface area contributed by atoms with E-state index in [4.69, 9.17) is 4.74 Å². The maximum Gasteiger partial charge on any atom is 0.269 e. The number of non-ortho nitro benzene ring substituents is 1. The summed E-state index contributed by atoms with van der Waals surface area (Å²) >= 11 is 0. The first-order chi connectivity index (χ1) is 8.69. The first-order valence-corrected chi connectivity index (χ1v) is 6.20. The molecule has 1 fully saturated rings. The summed E-state index contributed by atoms with van der Waals surface area (Å²) < 4.78 is 5.29. The van der Waals surface area contributed by atoms with Gasteiger partial charge in [0.25, 0.3) is 5.69 Å². The molecule has 0 unspecified atom stereocenters. The topological polar surface area (TPSA) is 52.4 Å². The summed E-state index contributed by atoms with van der Waals surface area (Å²) in [5.41, 5.74) is 2.96. The molecule has 18 heavy (non-hydrogen) atoms. The Hall–Kier alpha value is -1.68. The Labute approximate surface area is 105 Å². The number of nitro groups is 1. The molecule has 1 saturated heterocycles. The van der Waals surface area contributed by atoms with Gasteiger partial charge >= 0.3 is 0 Å². The van der Waals surface area contributed by atoms with E-state index in [9.17, 15) is 10.1 Å². The van der Waals surface area contributed by atoms with E-state index in [1.165, 1.54) is 5.57 Å². The lowest BCUT2D eigenvalue weighted by Gasteiger charge is -2.43. The highest BCUT2D eigenvalue weighted by Crippen LogP contribution is 2.43. The summed E-state index contributed by atoms with van der Waals surface area (Å²) in [6.45, 7) is 1.77. The fourth-order valence-electron chi connectivity index (χ4n) is 2.66.